The van der Waals surface area contributed by atoms with Crippen LogP contribution in [-0.4, -0.2) is 10.8 Å². The molecule has 0 saturated heterocycles. The van der Waals surface area contributed by atoms with Crippen LogP contribution in [0.3, 0.4) is 0 Å². The van der Waals surface area contributed by atoms with Crippen molar-refractivity contribution in [2.45, 2.75) is 0 Å². The molecule has 1 N–H and O–H groups in total. The van der Waals surface area contributed by atoms with E-state index in [1.54, 1.807) is 18.2 Å². The number of rotatable bonds is 3. The van der Waals surface area contributed by atoms with Gasteiger partial charge in [0.1, 0.15) is 5.82 Å². The molecule has 0 saturated carbocycles. The maximum atomic E-state index is 13.7. The lowest BCUT2D eigenvalue weighted by Gasteiger charge is -2.07. The molecule has 6 heteroatoms. The van der Waals surface area contributed by atoms with Crippen LogP contribution in [0.2, 0.25) is 0 Å². The van der Waals surface area contributed by atoms with Gasteiger partial charge in [0.05, 0.1) is 10.6 Å². The molecule has 0 aliphatic rings. The number of nitrogens with zero attached hydrogens (tertiary/aromatic N) is 1. The molecule has 1 amide bonds. The third-order valence-corrected chi connectivity index (χ3v) is 3.42. The second-order valence-corrected chi connectivity index (χ2v) is 4.94. The Balaban J connectivity index is 1.91. The first-order chi connectivity index (χ1) is 11.0. The van der Waals surface area contributed by atoms with Crippen molar-refractivity contribution < 1.29 is 14.1 Å². The minimum atomic E-state index is -0.732. The van der Waals surface area contributed by atoms with Crippen LogP contribution in [0.1, 0.15) is 10.4 Å². The molecule has 0 heterocycles. The Labute approximate surface area is 130 Å². The Hall–Kier alpha value is -3.28. The summed E-state index contributed by atoms with van der Waals surface area (Å²) in [5.74, 6) is -1.26. The van der Waals surface area contributed by atoms with E-state index in [1.165, 1.54) is 0 Å². The highest BCUT2D eigenvalue weighted by Crippen LogP contribution is 2.22. The highest BCUT2D eigenvalue weighted by Gasteiger charge is 2.14. The minimum absolute atomic E-state index is 0.225. The summed E-state index contributed by atoms with van der Waals surface area (Å²) in [4.78, 5) is 22.3. The van der Waals surface area contributed by atoms with Crippen molar-refractivity contribution in [2.24, 2.45) is 0 Å². The average molecular weight is 310 g/mol. The van der Waals surface area contributed by atoms with E-state index in [4.69, 9.17) is 0 Å². The summed E-state index contributed by atoms with van der Waals surface area (Å²) in [6.45, 7) is 0. The van der Waals surface area contributed by atoms with Gasteiger partial charge >= 0.3 is 0 Å². The van der Waals surface area contributed by atoms with Gasteiger partial charge in [-0.25, -0.2) is 4.39 Å². The Morgan fingerprint density at radius 1 is 1.00 bits per heavy atom. The number of hydrogen-bond donors (Lipinski definition) is 1. The van der Waals surface area contributed by atoms with Gasteiger partial charge in [-0.1, -0.05) is 30.3 Å². The summed E-state index contributed by atoms with van der Waals surface area (Å²) in [6.07, 6.45) is 0. The van der Waals surface area contributed by atoms with Gasteiger partial charge in [-0.3, -0.25) is 14.9 Å². The minimum Gasteiger partial charge on any atom is -0.319 e. The van der Waals surface area contributed by atoms with E-state index in [9.17, 15) is 19.3 Å². The number of carbonyl (C=O) groups is 1. The Bertz CT molecular complexity index is 925. The molecular weight excluding hydrogens is 299 g/mol. The zero-order valence-corrected chi connectivity index (χ0v) is 11.8. The topological polar surface area (TPSA) is 72.2 Å². The van der Waals surface area contributed by atoms with Gasteiger partial charge < -0.3 is 5.32 Å². The van der Waals surface area contributed by atoms with Gasteiger partial charge in [0, 0.05) is 17.7 Å². The van der Waals surface area contributed by atoms with Crippen LogP contribution in [0.5, 0.6) is 0 Å². The fourth-order valence-corrected chi connectivity index (χ4v) is 2.25. The monoisotopic (exact) mass is 310 g/mol. The molecule has 3 aromatic rings. The van der Waals surface area contributed by atoms with Gasteiger partial charge in [-0.05, 0) is 29.0 Å². The van der Waals surface area contributed by atoms with Crippen LogP contribution in [0.4, 0.5) is 15.8 Å². The molecule has 0 radical (unpaired) electrons. The summed E-state index contributed by atoms with van der Waals surface area (Å²) in [5.41, 5.74) is -0.174. The number of non-ortho nitro benzene ring substituents is 1. The van der Waals surface area contributed by atoms with Gasteiger partial charge in [-0.2, -0.15) is 0 Å². The molecule has 0 aromatic heterocycles. The number of nitro benzene ring substituents is 1. The number of benzene rings is 3. The van der Waals surface area contributed by atoms with Crippen molar-refractivity contribution in [2.75, 3.05) is 5.32 Å². The number of anilines is 1. The highest BCUT2D eigenvalue weighted by atomic mass is 19.1. The highest BCUT2D eigenvalue weighted by molar-refractivity contribution is 6.06. The van der Waals surface area contributed by atoms with Crippen LogP contribution < -0.4 is 5.32 Å². The lowest BCUT2D eigenvalue weighted by Crippen LogP contribution is -2.13. The van der Waals surface area contributed by atoms with Crippen molar-refractivity contribution in [1.82, 2.24) is 0 Å². The SMILES string of the molecule is O=C(Nc1cc([N+](=O)[O-])ccc1F)c1ccc2ccccc2c1. The third-order valence-electron chi connectivity index (χ3n) is 3.42. The molecule has 3 aromatic carbocycles. The predicted octanol–water partition coefficient (Wildman–Crippen LogP) is 4.14. The summed E-state index contributed by atoms with van der Waals surface area (Å²) in [6, 6.07) is 15.6. The number of amides is 1. The van der Waals surface area contributed by atoms with Crippen molar-refractivity contribution in [3.63, 3.8) is 0 Å². The van der Waals surface area contributed by atoms with Gasteiger partial charge in [0.25, 0.3) is 11.6 Å². The predicted molar refractivity (Wildman–Crippen MR) is 85.0 cm³/mol. The van der Waals surface area contributed by atoms with Crippen molar-refractivity contribution in [3.8, 4) is 0 Å². The lowest BCUT2D eigenvalue weighted by molar-refractivity contribution is -0.384. The molecule has 0 fully saturated rings. The maximum Gasteiger partial charge on any atom is 0.271 e. The average Bonchev–Trinajstić information content (AvgIpc) is 2.56. The zero-order chi connectivity index (χ0) is 16.4. The second kappa shape index (κ2) is 5.84. The van der Waals surface area contributed by atoms with Crippen LogP contribution in [-0.2, 0) is 0 Å². The number of halogens is 1. The Kier molecular flexibility index (Phi) is 3.72. The number of nitro groups is 1. The molecule has 0 unspecified atom stereocenters. The summed E-state index contributed by atoms with van der Waals surface area (Å²) < 4.78 is 13.7. The van der Waals surface area contributed by atoms with E-state index < -0.39 is 16.6 Å². The standard InChI is InChI=1S/C17H11FN2O3/c18-15-8-7-14(20(22)23)10-16(15)19-17(21)13-6-5-11-3-1-2-4-12(11)9-13/h1-10H,(H,19,21). The summed E-state index contributed by atoms with van der Waals surface area (Å²) in [7, 11) is 0. The number of hydrogen-bond acceptors (Lipinski definition) is 3. The van der Waals surface area contributed by atoms with Crippen LogP contribution in [0.15, 0.2) is 60.7 Å². The smallest absolute Gasteiger partial charge is 0.271 e. The third kappa shape index (κ3) is 3.01. The molecule has 0 atom stereocenters. The second-order valence-electron chi connectivity index (χ2n) is 4.94. The quantitative estimate of drug-likeness (QED) is 0.583. The number of nitrogens with one attached hydrogen (secondary N) is 1. The van der Waals surface area contributed by atoms with E-state index in [0.717, 1.165) is 29.0 Å². The van der Waals surface area contributed by atoms with E-state index in [-0.39, 0.29) is 11.4 Å². The molecule has 0 spiro atoms. The molecule has 5 nitrogen and oxygen atoms in total. The molecule has 0 bridgehead atoms. The largest absolute Gasteiger partial charge is 0.319 e. The van der Waals surface area contributed by atoms with Crippen LogP contribution in [0.25, 0.3) is 10.8 Å². The van der Waals surface area contributed by atoms with Crippen molar-refractivity contribution in [3.05, 3.63) is 82.2 Å². The van der Waals surface area contributed by atoms with Gasteiger partial charge in [0.15, 0.2) is 0 Å². The van der Waals surface area contributed by atoms with E-state index in [1.807, 2.05) is 24.3 Å². The first kappa shape index (κ1) is 14.6. The first-order valence-corrected chi connectivity index (χ1v) is 6.79. The molecular formula is C17H11FN2O3. The van der Waals surface area contributed by atoms with E-state index in [2.05, 4.69) is 5.32 Å². The van der Waals surface area contributed by atoms with Crippen molar-refractivity contribution in [1.29, 1.82) is 0 Å². The first-order valence-electron chi connectivity index (χ1n) is 6.79. The lowest BCUT2D eigenvalue weighted by atomic mass is 10.1. The van der Waals surface area contributed by atoms with Crippen LogP contribution >= 0.6 is 0 Å². The molecule has 0 aliphatic carbocycles. The number of carbonyl (C=O) groups excluding carboxylic acids is 1. The van der Waals surface area contributed by atoms with E-state index >= 15 is 0 Å². The van der Waals surface area contributed by atoms with Crippen molar-refractivity contribution >= 4 is 28.1 Å². The maximum absolute atomic E-state index is 13.7. The molecule has 0 aliphatic heterocycles. The molecule has 114 valence electrons. The van der Waals surface area contributed by atoms with Gasteiger partial charge in [0.2, 0.25) is 0 Å². The van der Waals surface area contributed by atoms with E-state index in [0.29, 0.717) is 5.56 Å². The molecule has 23 heavy (non-hydrogen) atoms. The fraction of sp³-hybridized carbons (Fsp3) is 0. The Morgan fingerprint density at radius 2 is 1.74 bits per heavy atom. The zero-order valence-electron chi connectivity index (χ0n) is 11.8. The summed E-state index contributed by atoms with van der Waals surface area (Å²) in [5, 5.41) is 15.0. The molecule has 3 rings (SSSR count). The fourth-order valence-electron chi connectivity index (χ4n) is 2.25. The Morgan fingerprint density at radius 3 is 2.48 bits per heavy atom. The van der Waals surface area contributed by atoms with Gasteiger partial charge in [-0.15, -0.1) is 0 Å². The summed E-state index contributed by atoms with van der Waals surface area (Å²) >= 11 is 0. The normalized spacial score (nSPS) is 10.5. The van der Waals surface area contributed by atoms with Crippen LogP contribution in [0, 0.1) is 15.9 Å². The number of fused-ring (bicyclic) bond motifs is 1.